The second-order valence-corrected chi connectivity index (χ2v) is 5.58. The van der Waals surface area contributed by atoms with Gasteiger partial charge >= 0.3 is 6.03 Å². The Morgan fingerprint density at radius 2 is 1.86 bits per heavy atom. The van der Waals surface area contributed by atoms with Crippen LogP contribution in [-0.4, -0.2) is 44.0 Å². The smallest absolute Gasteiger partial charge is 0.331 e. The topological polar surface area (TPSA) is 84.9 Å². The summed E-state index contributed by atoms with van der Waals surface area (Å²) in [7, 11) is 4.32. The monoisotopic (exact) mass is 416 g/mol. The molecule has 1 aromatic rings. The van der Waals surface area contributed by atoms with Gasteiger partial charge in [0.25, 0.3) is 11.8 Å². The van der Waals surface area contributed by atoms with Gasteiger partial charge in [0.15, 0.2) is 11.5 Å². The van der Waals surface area contributed by atoms with Crippen molar-refractivity contribution in [2.45, 2.75) is 0 Å². The molecular weight excluding hydrogens is 403 g/mol. The lowest BCUT2D eigenvalue weighted by Crippen LogP contribution is -2.52. The highest BCUT2D eigenvalue weighted by Crippen LogP contribution is 2.34. The molecule has 1 aliphatic rings. The number of carbonyl (C=O) groups is 3. The van der Waals surface area contributed by atoms with Crippen molar-refractivity contribution in [2.75, 3.05) is 21.3 Å². The van der Waals surface area contributed by atoms with Crippen LogP contribution in [0.2, 0.25) is 0 Å². The lowest BCUT2D eigenvalue weighted by molar-refractivity contribution is -0.129. The van der Waals surface area contributed by atoms with E-state index in [0.717, 1.165) is 8.47 Å². The van der Waals surface area contributed by atoms with Gasteiger partial charge in [0.05, 0.1) is 17.8 Å². The van der Waals surface area contributed by atoms with Crippen LogP contribution in [0.25, 0.3) is 6.08 Å². The average molecular weight is 416 g/mol. The molecule has 0 aliphatic carbocycles. The van der Waals surface area contributed by atoms with Gasteiger partial charge in [0.1, 0.15) is 5.57 Å². The van der Waals surface area contributed by atoms with Gasteiger partial charge in [-0.2, -0.15) is 0 Å². The van der Waals surface area contributed by atoms with Crippen molar-refractivity contribution in [3.05, 3.63) is 26.8 Å². The van der Waals surface area contributed by atoms with Gasteiger partial charge in [-0.05, 0) is 46.4 Å². The van der Waals surface area contributed by atoms with Gasteiger partial charge in [-0.15, -0.1) is 0 Å². The Balaban J connectivity index is 2.48. The molecular formula is C14H13IN2O5. The number of urea groups is 1. The van der Waals surface area contributed by atoms with Gasteiger partial charge in [-0.3, -0.25) is 19.8 Å². The van der Waals surface area contributed by atoms with Crippen LogP contribution in [0.1, 0.15) is 5.56 Å². The SMILES string of the molecule is COc1cc(/C=C2\C(=O)NC(=O)N(C)C2=O)cc(I)c1OC. The van der Waals surface area contributed by atoms with Crippen LogP contribution >= 0.6 is 22.6 Å². The molecule has 8 heteroatoms. The van der Waals surface area contributed by atoms with Gasteiger partial charge in [0.2, 0.25) is 0 Å². The Morgan fingerprint density at radius 1 is 1.18 bits per heavy atom. The highest BCUT2D eigenvalue weighted by molar-refractivity contribution is 14.1. The molecule has 0 radical (unpaired) electrons. The molecule has 1 aliphatic heterocycles. The number of carbonyl (C=O) groups excluding carboxylic acids is 3. The number of ether oxygens (including phenoxy) is 2. The molecule has 22 heavy (non-hydrogen) atoms. The Bertz CT molecular complexity index is 699. The highest BCUT2D eigenvalue weighted by Gasteiger charge is 2.33. The van der Waals surface area contributed by atoms with Crippen LogP contribution < -0.4 is 14.8 Å². The summed E-state index contributed by atoms with van der Waals surface area (Å²) >= 11 is 2.06. The third-order valence-electron chi connectivity index (χ3n) is 3.07. The predicted molar refractivity (Wildman–Crippen MR) is 86.5 cm³/mol. The summed E-state index contributed by atoms with van der Waals surface area (Å²) in [6.07, 6.45) is 1.41. The van der Waals surface area contributed by atoms with E-state index in [0.29, 0.717) is 17.1 Å². The molecule has 0 aromatic heterocycles. The van der Waals surface area contributed by atoms with Gasteiger partial charge in [-0.25, -0.2) is 4.79 Å². The van der Waals surface area contributed by atoms with Crippen molar-refractivity contribution >= 4 is 46.5 Å². The van der Waals surface area contributed by atoms with E-state index in [9.17, 15) is 14.4 Å². The molecule has 2 rings (SSSR count). The minimum atomic E-state index is -0.742. The highest BCUT2D eigenvalue weighted by atomic mass is 127. The lowest BCUT2D eigenvalue weighted by atomic mass is 10.1. The number of benzene rings is 1. The number of amides is 4. The fraction of sp³-hybridized carbons (Fsp3) is 0.214. The number of nitrogens with zero attached hydrogens (tertiary/aromatic N) is 1. The quantitative estimate of drug-likeness (QED) is 0.458. The zero-order valence-electron chi connectivity index (χ0n) is 12.1. The zero-order chi connectivity index (χ0) is 16.4. The molecule has 7 nitrogen and oxygen atoms in total. The Morgan fingerprint density at radius 3 is 2.45 bits per heavy atom. The van der Waals surface area contributed by atoms with Gasteiger partial charge < -0.3 is 9.47 Å². The number of imide groups is 2. The van der Waals surface area contributed by atoms with E-state index in [1.807, 2.05) is 0 Å². The second-order valence-electron chi connectivity index (χ2n) is 4.42. The molecule has 4 amide bonds. The first kappa shape index (κ1) is 16.3. The largest absolute Gasteiger partial charge is 0.493 e. The average Bonchev–Trinajstić information content (AvgIpc) is 2.48. The third-order valence-corrected chi connectivity index (χ3v) is 3.87. The van der Waals surface area contributed by atoms with E-state index < -0.39 is 17.8 Å². The van der Waals surface area contributed by atoms with Crippen LogP contribution in [0.5, 0.6) is 11.5 Å². The molecule has 1 aromatic carbocycles. The Hall–Kier alpha value is -2.10. The van der Waals surface area contributed by atoms with E-state index in [1.54, 1.807) is 12.1 Å². The fourth-order valence-electron chi connectivity index (χ4n) is 1.93. The normalized spacial score (nSPS) is 16.8. The molecule has 1 N–H and O–H groups in total. The first-order chi connectivity index (χ1) is 10.4. The molecule has 116 valence electrons. The summed E-state index contributed by atoms with van der Waals surface area (Å²) < 4.78 is 11.2. The van der Waals surface area contributed by atoms with E-state index >= 15 is 0 Å². The number of halogens is 1. The summed E-state index contributed by atoms with van der Waals surface area (Å²) in [5, 5.41) is 2.10. The summed E-state index contributed by atoms with van der Waals surface area (Å²) in [5.41, 5.74) is 0.466. The number of barbiturate groups is 1. The van der Waals surface area contributed by atoms with Crippen molar-refractivity contribution in [1.82, 2.24) is 10.2 Å². The Labute approximate surface area is 140 Å². The zero-order valence-corrected chi connectivity index (χ0v) is 14.3. The van der Waals surface area contributed by atoms with Gasteiger partial charge in [0, 0.05) is 7.05 Å². The first-order valence-electron chi connectivity index (χ1n) is 6.15. The van der Waals surface area contributed by atoms with Crippen LogP contribution in [-0.2, 0) is 9.59 Å². The summed E-state index contributed by atoms with van der Waals surface area (Å²) in [5.74, 6) is -0.331. The first-order valence-corrected chi connectivity index (χ1v) is 7.23. The number of hydrogen-bond acceptors (Lipinski definition) is 5. The van der Waals surface area contributed by atoms with Crippen LogP contribution in [0.4, 0.5) is 4.79 Å². The summed E-state index contributed by atoms with van der Waals surface area (Å²) in [6.45, 7) is 0. The number of likely N-dealkylation sites (N-methyl/N-ethyl adjacent to an activating group) is 1. The molecule has 0 spiro atoms. The van der Waals surface area contributed by atoms with Crippen molar-refractivity contribution in [3.63, 3.8) is 0 Å². The van der Waals surface area contributed by atoms with E-state index in [2.05, 4.69) is 27.9 Å². The fourth-order valence-corrected chi connectivity index (χ4v) is 2.78. The minimum Gasteiger partial charge on any atom is -0.493 e. The maximum Gasteiger partial charge on any atom is 0.331 e. The standard InChI is InChI=1S/C14H13IN2O5/c1-17-13(19)8(12(18)16-14(17)20)4-7-5-9(15)11(22-3)10(6-7)21-2/h4-6H,1-3H3,(H,16,18,20)/b8-4+. The molecule has 0 saturated carbocycles. The number of nitrogens with one attached hydrogen (secondary N) is 1. The van der Waals surface area contributed by atoms with E-state index in [4.69, 9.17) is 9.47 Å². The van der Waals surface area contributed by atoms with E-state index in [1.165, 1.54) is 27.3 Å². The minimum absolute atomic E-state index is 0.120. The van der Waals surface area contributed by atoms with Crippen molar-refractivity contribution in [3.8, 4) is 11.5 Å². The lowest BCUT2D eigenvalue weighted by Gasteiger charge is -2.22. The maximum absolute atomic E-state index is 12.0. The van der Waals surface area contributed by atoms with Crippen molar-refractivity contribution in [2.24, 2.45) is 0 Å². The Kier molecular flexibility index (Phi) is 4.69. The molecule has 1 heterocycles. The van der Waals surface area contributed by atoms with Crippen LogP contribution in [0.15, 0.2) is 17.7 Å². The van der Waals surface area contributed by atoms with E-state index in [-0.39, 0.29) is 5.57 Å². The molecule has 0 unspecified atom stereocenters. The molecule has 1 saturated heterocycles. The number of hydrogen-bond donors (Lipinski definition) is 1. The second kappa shape index (κ2) is 6.34. The predicted octanol–water partition coefficient (Wildman–Crippen LogP) is 1.40. The van der Waals surface area contributed by atoms with Crippen molar-refractivity contribution in [1.29, 1.82) is 0 Å². The summed E-state index contributed by atoms with van der Waals surface area (Å²) in [6, 6.07) is 2.64. The number of methoxy groups -OCH3 is 2. The molecule has 0 bridgehead atoms. The van der Waals surface area contributed by atoms with Gasteiger partial charge in [-0.1, -0.05) is 0 Å². The van der Waals surface area contributed by atoms with Crippen molar-refractivity contribution < 1.29 is 23.9 Å². The van der Waals surface area contributed by atoms with Crippen LogP contribution in [0, 0.1) is 3.57 Å². The summed E-state index contributed by atoms with van der Waals surface area (Å²) in [4.78, 5) is 36.1. The third kappa shape index (κ3) is 2.91. The molecule has 1 fully saturated rings. The molecule has 0 atom stereocenters. The number of rotatable bonds is 3. The van der Waals surface area contributed by atoms with Crippen LogP contribution in [0.3, 0.4) is 0 Å². The maximum atomic E-state index is 12.0.